The fourth-order valence-corrected chi connectivity index (χ4v) is 2.52. The number of likely N-dealkylation sites (N-methyl/N-ethyl adjacent to an activating group) is 1. The van der Waals surface area contributed by atoms with Gasteiger partial charge in [-0.15, -0.1) is 10.2 Å². The Morgan fingerprint density at radius 3 is 3.05 bits per heavy atom. The van der Waals surface area contributed by atoms with E-state index >= 15 is 0 Å². The standard InChI is InChI=1S/C13H23N5O2/c1-13(14-2,12(19)20-3)5-4-6-17-7-8-18-10-15-16-11(18)9-17/h10,14H,4-9H2,1-3H3. The van der Waals surface area contributed by atoms with Crippen molar-refractivity contribution in [3.63, 3.8) is 0 Å². The SMILES string of the molecule is CNC(C)(CCCN1CCn2cnnc2C1)C(=O)OC. The molecule has 1 aliphatic heterocycles. The van der Waals surface area contributed by atoms with Gasteiger partial charge in [-0.25, -0.2) is 0 Å². The lowest BCUT2D eigenvalue weighted by molar-refractivity contribution is -0.148. The number of carbonyl (C=O) groups excluding carboxylic acids is 1. The molecular formula is C13H23N5O2. The third-order valence-electron chi connectivity index (χ3n) is 4.06. The molecule has 0 fully saturated rings. The van der Waals surface area contributed by atoms with E-state index in [1.165, 1.54) is 7.11 Å². The Morgan fingerprint density at radius 2 is 2.35 bits per heavy atom. The molecule has 1 aromatic heterocycles. The second-order valence-electron chi connectivity index (χ2n) is 5.39. The van der Waals surface area contributed by atoms with Crippen molar-refractivity contribution in [2.75, 3.05) is 27.2 Å². The van der Waals surface area contributed by atoms with Crippen LogP contribution in [0, 0.1) is 0 Å². The van der Waals surface area contributed by atoms with Crippen molar-refractivity contribution in [1.29, 1.82) is 0 Å². The van der Waals surface area contributed by atoms with Crippen molar-refractivity contribution in [2.45, 2.75) is 38.4 Å². The Balaban J connectivity index is 1.80. The van der Waals surface area contributed by atoms with Crippen LogP contribution in [0.15, 0.2) is 6.33 Å². The number of ether oxygens (including phenoxy) is 1. The predicted octanol–water partition coefficient (Wildman–Crippen LogP) is 0.0250. The second-order valence-corrected chi connectivity index (χ2v) is 5.39. The molecule has 2 rings (SSSR count). The molecule has 0 bridgehead atoms. The quantitative estimate of drug-likeness (QED) is 0.742. The summed E-state index contributed by atoms with van der Waals surface area (Å²) in [7, 11) is 3.22. The molecule has 1 aliphatic rings. The van der Waals surface area contributed by atoms with Crippen molar-refractivity contribution >= 4 is 5.97 Å². The summed E-state index contributed by atoms with van der Waals surface area (Å²) in [6.07, 6.45) is 3.46. The molecule has 0 saturated carbocycles. The van der Waals surface area contributed by atoms with Crippen molar-refractivity contribution in [1.82, 2.24) is 25.0 Å². The highest BCUT2D eigenvalue weighted by Gasteiger charge is 2.32. The van der Waals surface area contributed by atoms with Crippen LogP contribution in [0.25, 0.3) is 0 Å². The topological polar surface area (TPSA) is 72.3 Å². The highest BCUT2D eigenvalue weighted by molar-refractivity contribution is 5.80. The van der Waals surface area contributed by atoms with Crippen LogP contribution in [0.4, 0.5) is 0 Å². The summed E-state index contributed by atoms with van der Waals surface area (Å²) in [5.41, 5.74) is -0.607. The number of carbonyl (C=O) groups is 1. The molecule has 0 spiro atoms. The van der Waals surface area contributed by atoms with E-state index in [0.717, 1.165) is 44.8 Å². The molecule has 0 amide bonds. The molecule has 1 aromatic rings. The van der Waals surface area contributed by atoms with Crippen molar-refractivity contribution in [3.8, 4) is 0 Å². The summed E-state index contributed by atoms with van der Waals surface area (Å²) in [5.74, 6) is 0.805. The zero-order valence-electron chi connectivity index (χ0n) is 12.4. The van der Waals surface area contributed by atoms with Gasteiger partial charge in [0.15, 0.2) is 0 Å². The first-order valence-corrected chi connectivity index (χ1v) is 6.95. The largest absolute Gasteiger partial charge is 0.468 e. The molecular weight excluding hydrogens is 258 g/mol. The van der Waals surface area contributed by atoms with E-state index in [1.807, 2.05) is 6.92 Å². The van der Waals surface area contributed by atoms with Gasteiger partial charge in [0.1, 0.15) is 17.7 Å². The number of hydrogen-bond donors (Lipinski definition) is 1. The predicted molar refractivity (Wildman–Crippen MR) is 74.0 cm³/mol. The summed E-state index contributed by atoms with van der Waals surface area (Å²) in [6.45, 7) is 5.59. The number of rotatable bonds is 6. The molecule has 2 heterocycles. The van der Waals surface area contributed by atoms with Crippen LogP contribution in [0.3, 0.4) is 0 Å². The van der Waals surface area contributed by atoms with Gasteiger partial charge in [-0.3, -0.25) is 9.69 Å². The van der Waals surface area contributed by atoms with Gasteiger partial charge in [0.05, 0.1) is 13.7 Å². The molecule has 7 heteroatoms. The lowest BCUT2D eigenvalue weighted by Gasteiger charge is -2.29. The van der Waals surface area contributed by atoms with Gasteiger partial charge in [-0.05, 0) is 33.4 Å². The Kier molecular flexibility index (Phi) is 4.72. The maximum absolute atomic E-state index is 11.8. The number of nitrogens with zero attached hydrogens (tertiary/aromatic N) is 4. The third kappa shape index (κ3) is 3.16. The smallest absolute Gasteiger partial charge is 0.325 e. The van der Waals surface area contributed by atoms with Crippen LogP contribution in [-0.4, -0.2) is 58.4 Å². The van der Waals surface area contributed by atoms with Crippen molar-refractivity contribution < 1.29 is 9.53 Å². The first kappa shape index (κ1) is 14.9. The number of methoxy groups -OCH3 is 1. The maximum atomic E-state index is 11.8. The summed E-state index contributed by atoms with van der Waals surface area (Å²) in [4.78, 5) is 14.1. The first-order chi connectivity index (χ1) is 9.59. The molecule has 1 atom stereocenters. The van der Waals surface area contributed by atoms with Crippen LogP contribution in [-0.2, 0) is 22.6 Å². The van der Waals surface area contributed by atoms with Gasteiger partial charge < -0.3 is 14.6 Å². The Morgan fingerprint density at radius 1 is 1.55 bits per heavy atom. The summed E-state index contributed by atoms with van der Waals surface area (Å²) >= 11 is 0. The van der Waals surface area contributed by atoms with Gasteiger partial charge in [0.25, 0.3) is 0 Å². The van der Waals surface area contributed by atoms with Crippen molar-refractivity contribution in [2.24, 2.45) is 0 Å². The zero-order chi connectivity index (χ0) is 14.6. The minimum Gasteiger partial charge on any atom is -0.468 e. The van der Waals surface area contributed by atoms with Crippen LogP contribution in [0.2, 0.25) is 0 Å². The van der Waals surface area contributed by atoms with Crippen LogP contribution < -0.4 is 5.32 Å². The molecule has 1 N–H and O–H groups in total. The minimum atomic E-state index is -0.607. The van der Waals surface area contributed by atoms with E-state index < -0.39 is 5.54 Å². The summed E-state index contributed by atoms with van der Waals surface area (Å²) in [6, 6.07) is 0. The monoisotopic (exact) mass is 281 g/mol. The van der Waals surface area contributed by atoms with Crippen LogP contribution in [0.1, 0.15) is 25.6 Å². The Hall–Kier alpha value is -1.47. The average Bonchev–Trinajstić information content (AvgIpc) is 2.93. The highest BCUT2D eigenvalue weighted by Crippen LogP contribution is 2.16. The fourth-order valence-electron chi connectivity index (χ4n) is 2.52. The lowest BCUT2D eigenvalue weighted by atomic mass is 9.96. The van der Waals surface area contributed by atoms with Crippen LogP contribution >= 0.6 is 0 Å². The van der Waals surface area contributed by atoms with E-state index in [4.69, 9.17) is 4.74 Å². The van der Waals surface area contributed by atoms with E-state index in [9.17, 15) is 4.79 Å². The van der Waals surface area contributed by atoms with Crippen LogP contribution in [0.5, 0.6) is 0 Å². The maximum Gasteiger partial charge on any atom is 0.325 e. The molecule has 0 radical (unpaired) electrons. The molecule has 112 valence electrons. The number of fused-ring (bicyclic) bond motifs is 1. The normalized spacial score (nSPS) is 18.4. The Labute approximate surface area is 119 Å². The fraction of sp³-hybridized carbons (Fsp3) is 0.769. The third-order valence-corrected chi connectivity index (χ3v) is 4.06. The molecule has 7 nitrogen and oxygen atoms in total. The molecule has 0 aliphatic carbocycles. The highest BCUT2D eigenvalue weighted by atomic mass is 16.5. The van der Waals surface area contributed by atoms with Gasteiger partial charge in [-0.1, -0.05) is 0 Å². The minimum absolute atomic E-state index is 0.210. The summed E-state index contributed by atoms with van der Waals surface area (Å²) in [5, 5.41) is 11.1. The average molecular weight is 281 g/mol. The molecule has 20 heavy (non-hydrogen) atoms. The van der Waals surface area contributed by atoms with E-state index in [1.54, 1.807) is 13.4 Å². The first-order valence-electron chi connectivity index (χ1n) is 6.95. The second kappa shape index (κ2) is 6.32. The van der Waals surface area contributed by atoms with Crippen molar-refractivity contribution in [3.05, 3.63) is 12.2 Å². The van der Waals surface area contributed by atoms with E-state index in [2.05, 4.69) is 25.0 Å². The number of aromatic nitrogens is 3. The Bertz CT molecular complexity index is 461. The van der Waals surface area contributed by atoms with Gasteiger partial charge in [0.2, 0.25) is 0 Å². The molecule has 0 saturated heterocycles. The van der Waals surface area contributed by atoms with Gasteiger partial charge in [-0.2, -0.15) is 0 Å². The van der Waals surface area contributed by atoms with Gasteiger partial charge in [0, 0.05) is 13.1 Å². The lowest BCUT2D eigenvalue weighted by Crippen LogP contribution is -2.48. The van der Waals surface area contributed by atoms with E-state index in [0.29, 0.717) is 0 Å². The van der Waals surface area contributed by atoms with Gasteiger partial charge >= 0.3 is 5.97 Å². The number of hydrogen-bond acceptors (Lipinski definition) is 6. The molecule has 1 unspecified atom stereocenters. The zero-order valence-corrected chi connectivity index (χ0v) is 12.4. The number of esters is 1. The van der Waals surface area contributed by atoms with E-state index in [-0.39, 0.29) is 5.97 Å². The summed E-state index contributed by atoms with van der Waals surface area (Å²) < 4.78 is 6.93. The molecule has 0 aromatic carbocycles. The number of nitrogens with one attached hydrogen (secondary N) is 1.